The Balaban J connectivity index is 2.07. The van der Waals surface area contributed by atoms with E-state index >= 15 is 0 Å². The second-order valence-electron chi connectivity index (χ2n) is 7.03. The van der Waals surface area contributed by atoms with E-state index in [9.17, 15) is 31.1 Å². The molecule has 3 rings (SSSR count). The fourth-order valence-corrected chi connectivity index (χ4v) is 5.46. The van der Waals surface area contributed by atoms with Crippen molar-refractivity contribution in [2.75, 3.05) is 13.1 Å². The van der Waals surface area contributed by atoms with E-state index in [1.54, 1.807) is 0 Å². The van der Waals surface area contributed by atoms with Crippen LogP contribution in [0.2, 0.25) is 0 Å². The molecule has 0 spiro atoms. The Bertz CT molecular complexity index is 946. The van der Waals surface area contributed by atoms with E-state index in [0.717, 1.165) is 24.3 Å². The van der Waals surface area contributed by atoms with Crippen LogP contribution in [0, 0.1) is 5.82 Å². The van der Waals surface area contributed by atoms with Gasteiger partial charge in [-0.2, -0.15) is 13.2 Å². The summed E-state index contributed by atoms with van der Waals surface area (Å²) in [5.41, 5.74) is -3.13. The molecule has 2 atom stereocenters. The molecule has 2 aromatic carbocycles. The quantitative estimate of drug-likeness (QED) is 0.592. The van der Waals surface area contributed by atoms with Gasteiger partial charge in [-0.25, -0.2) is 12.8 Å². The number of hydrogen-bond donors (Lipinski definition) is 2. The van der Waals surface area contributed by atoms with Gasteiger partial charge in [-0.15, -0.1) is 0 Å². The topological polar surface area (TPSA) is 66.4 Å². The lowest BCUT2D eigenvalue weighted by molar-refractivity contribution is -0.258. The summed E-state index contributed by atoms with van der Waals surface area (Å²) in [5.74, 6) is -0.573. The SMILES string of the molecule is CC(O)(c1ccc([C@]2(S(=O)(=O)c3ccc(F)cc3)CCNC2)cc1)C(F)(F)F. The number of halogens is 4. The zero-order valence-corrected chi connectivity index (χ0v) is 15.7. The standard InChI is InChI=1S/C19H19F4NO3S/c1-17(25,19(21,22)23)13-2-4-14(5-3-13)18(10-11-24-12-18)28(26,27)16-8-6-15(20)7-9-16/h2-9,24-25H,10-12H2,1H3/t17?,18-/m0/s1. The highest BCUT2D eigenvalue weighted by Gasteiger charge is 2.52. The Morgan fingerprint density at radius 2 is 1.61 bits per heavy atom. The molecule has 0 saturated carbocycles. The van der Waals surface area contributed by atoms with Gasteiger partial charge < -0.3 is 10.4 Å². The molecule has 152 valence electrons. The van der Waals surface area contributed by atoms with E-state index in [1.807, 2.05) is 0 Å². The number of hydrogen-bond acceptors (Lipinski definition) is 4. The smallest absolute Gasteiger partial charge is 0.376 e. The summed E-state index contributed by atoms with van der Waals surface area (Å²) >= 11 is 0. The molecule has 0 amide bonds. The first-order chi connectivity index (χ1) is 12.9. The molecular formula is C19H19F4NO3S. The molecule has 1 aliphatic heterocycles. The normalized spacial score (nSPS) is 22.8. The minimum absolute atomic E-state index is 0.0658. The van der Waals surface area contributed by atoms with Crippen LogP contribution in [-0.2, 0) is 20.2 Å². The van der Waals surface area contributed by atoms with Crippen molar-refractivity contribution in [1.29, 1.82) is 0 Å². The van der Waals surface area contributed by atoms with Crippen molar-refractivity contribution in [1.82, 2.24) is 5.32 Å². The van der Waals surface area contributed by atoms with Crippen LogP contribution in [0.4, 0.5) is 17.6 Å². The Morgan fingerprint density at radius 3 is 2.07 bits per heavy atom. The molecule has 28 heavy (non-hydrogen) atoms. The number of benzene rings is 2. The molecule has 0 radical (unpaired) electrons. The summed E-state index contributed by atoms with van der Waals surface area (Å²) in [6.07, 6.45) is -4.66. The van der Waals surface area contributed by atoms with E-state index in [0.29, 0.717) is 19.0 Å². The summed E-state index contributed by atoms with van der Waals surface area (Å²) in [5, 5.41) is 12.8. The summed E-state index contributed by atoms with van der Waals surface area (Å²) < 4.78 is 77.6. The van der Waals surface area contributed by atoms with E-state index < -0.39 is 32.2 Å². The van der Waals surface area contributed by atoms with E-state index in [1.165, 1.54) is 24.3 Å². The lowest BCUT2D eigenvalue weighted by atomic mass is 9.91. The zero-order valence-electron chi connectivity index (χ0n) is 14.9. The van der Waals surface area contributed by atoms with Gasteiger partial charge in [-0.1, -0.05) is 24.3 Å². The molecule has 1 unspecified atom stereocenters. The average molecular weight is 417 g/mol. The van der Waals surface area contributed by atoms with Gasteiger partial charge in [0.25, 0.3) is 0 Å². The molecule has 1 aliphatic rings. The summed E-state index contributed by atoms with van der Waals surface area (Å²) in [6, 6.07) is 9.21. The molecule has 2 aromatic rings. The maximum absolute atomic E-state index is 13.3. The first-order valence-electron chi connectivity index (χ1n) is 8.53. The van der Waals surface area contributed by atoms with Crippen molar-refractivity contribution in [2.45, 2.75) is 34.8 Å². The molecular weight excluding hydrogens is 398 g/mol. The van der Waals surface area contributed by atoms with E-state index in [4.69, 9.17) is 0 Å². The van der Waals surface area contributed by atoms with Crippen LogP contribution < -0.4 is 5.32 Å². The monoisotopic (exact) mass is 417 g/mol. The lowest BCUT2D eigenvalue weighted by Gasteiger charge is -2.31. The van der Waals surface area contributed by atoms with Gasteiger partial charge in [0, 0.05) is 6.54 Å². The Hall–Kier alpha value is -1.97. The Kier molecular flexibility index (Phi) is 5.06. The van der Waals surface area contributed by atoms with Crippen LogP contribution in [0.3, 0.4) is 0 Å². The van der Waals surface area contributed by atoms with Crippen LogP contribution in [0.1, 0.15) is 24.5 Å². The summed E-state index contributed by atoms with van der Waals surface area (Å²) in [4.78, 5) is -0.0658. The van der Waals surface area contributed by atoms with E-state index in [-0.39, 0.29) is 23.4 Å². The van der Waals surface area contributed by atoms with Gasteiger partial charge in [0.15, 0.2) is 15.4 Å². The van der Waals surface area contributed by atoms with Crippen LogP contribution in [0.5, 0.6) is 0 Å². The van der Waals surface area contributed by atoms with Crippen LogP contribution >= 0.6 is 0 Å². The van der Waals surface area contributed by atoms with E-state index in [2.05, 4.69) is 5.32 Å². The molecule has 1 heterocycles. The number of nitrogens with one attached hydrogen (secondary N) is 1. The van der Waals surface area contributed by atoms with Crippen molar-refractivity contribution >= 4 is 9.84 Å². The second-order valence-corrected chi connectivity index (χ2v) is 9.29. The predicted molar refractivity (Wildman–Crippen MR) is 94.8 cm³/mol. The number of rotatable bonds is 4. The van der Waals surface area contributed by atoms with Gasteiger partial charge in [0.1, 0.15) is 10.6 Å². The predicted octanol–water partition coefficient (Wildman–Crippen LogP) is 3.26. The number of sulfone groups is 1. The van der Waals surface area contributed by atoms with Gasteiger partial charge in [-0.3, -0.25) is 0 Å². The molecule has 4 nitrogen and oxygen atoms in total. The third kappa shape index (κ3) is 3.21. The van der Waals surface area contributed by atoms with Gasteiger partial charge in [0.05, 0.1) is 4.90 Å². The maximum Gasteiger partial charge on any atom is 0.421 e. The van der Waals surface area contributed by atoms with Crippen LogP contribution in [0.15, 0.2) is 53.4 Å². The molecule has 0 aromatic heterocycles. The summed E-state index contributed by atoms with van der Waals surface area (Å²) in [7, 11) is -3.96. The molecule has 0 aliphatic carbocycles. The molecule has 1 fully saturated rings. The third-order valence-corrected chi connectivity index (χ3v) is 7.79. The lowest BCUT2D eigenvalue weighted by Crippen LogP contribution is -2.40. The molecule has 0 bridgehead atoms. The van der Waals surface area contributed by atoms with Crippen LogP contribution in [0.25, 0.3) is 0 Å². The molecule has 2 N–H and O–H groups in total. The Morgan fingerprint density at radius 1 is 1.04 bits per heavy atom. The zero-order chi connectivity index (χ0) is 20.8. The third-order valence-electron chi connectivity index (χ3n) is 5.28. The number of alkyl halides is 3. The highest BCUT2D eigenvalue weighted by molar-refractivity contribution is 7.92. The van der Waals surface area contributed by atoms with Crippen LogP contribution in [-0.4, -0.2) is 32.8 Å². The highest BCUT2D eigenvalue weighted by atomic mass is 32.2. The fourth-order valence-electron chi connectivity index (χ4n) is 3.40. The molecule has 1 saturated heterocycles. The number of aliphatic hydroxyl groups is 1. The average Bonchev–Trinajstić information content (AvgIpc) is 3.13. The largest absolute Gasteiger partial charge is 0.421 e. The van der Waals surface area contributed by atoms with Crippen molar-refractivity contribution in [3.8, 4) is 0 Å². The Labute approximate surface area is 160 Å². The van der Waals surface area contributed by atoms with Gasteiger partial charge in [-0.05, 0) is 55.3 Å². The fraction of sp³-hybridized carbons (Fsp3) is 0.368. The van der Waals surface area contributed by atoms with Crippen molar-refractivity contribution in [3.05, 3.63) is 65.5 Å². The van der Waals surface area contributed by atoms with Crippen molar-refractivity contribution < 1.29 is 31.1 Å². The molecule has 9 heteroatoms. The first kappa shape index (κ1) is 20.8. The summed E-state index contributed by atoms with van der Waals surface area (Å²) in [6.45, 7) is 1.12. The minimum Gasteiger partial charge on any atom is -0.376 e. The minimum atomic E-state index is -4.87. The first-order valence-corrected chi connectivity index (χ1v) is 10.0. The van der Waals surface area contributed by atoms with Gasteiger partial charge in [0.2, 0.25) is 0 Å². The maximum atomic E-state index is 13.3. The highest BCUT2D eigenvalue weighted by Crippen LogP contribution is 2.43. The van der Waals surface area contributed by atoms with Crippen molar-refractivity contribution in [3.63, 3.8) is 0 Å². The van der Waals surface area contributed by atoms with Crippen molar-refractivity contribution in [2.24, 2.45) is 0 Å². The second kappa shape index (κ2) is 6.82. The van der Waals surface area contributed by atoms with Gasteiger partial charge >= 0.3 is 6.18 Å².